The van der Waals surface area contributed by atoms with Crippen molar-refractivity contribution in [2.45, 2.75) is 39.5 Å². The molecule has 0 saturated carbocycles. The van der Waals surface area contributed by atoms with Gasteiger partial charge in [-0.2, -0.15) is 0 Å². The molecule has 1 unspecified atom stereocenters. The highest BCUT2D eigenvalue weighted by Crippen LogP contribution is 2.08. The van der Waals surface area contributed by atoms with Crippen LogP contribution < -0.4 is 16.0 Å². The van der Waals surface area contributed by atoms with E-state index in [1.807, 2.05) is 70.4 Å². The third-order valence-corrected chi connectivity index (χ3v) is 4.49. The average Bonchev–Trinajstić information content (AvgIpc) is 2.69. The topological polar surface area (TPSA) is 73.5 Å². The maximum Gasteiger partial charge on any atom is 0.315 e. The van der Waals surface area contributed by atoms with Crippen molar-refractivity contribution >= 4 is 11.9 Å². The summed E-state index contributed by atoms with van der Waals surface area (Å²) >= 11 is 0. The van der Waals surface area contributed by atoms with Crippen LogP contribution >= 0.6 is 0 Å². The molecule has 6 heteroatoms. The van der Waals surface area contributed by atoms with Gasteiger partial charge in [0.2, 0.25) is 5.91 Å². The van der Waals surface area contributed by atoms with Gasteiger partial charge in [-0.1, -0.05) is 68.4 Å². The lowest BCUT2D eigenvalue weighted by Gasteiger charge is -2.22. The van der Waals surface area contributed by atoms with Gasteiger partial charge in [0.15, 0.2) is 0 Å². The Morgan fingerprint density at radius 1 is 0.862 bits per heavy atom. The van der Waals surface area contributed by atoms with Gasteiger partial charge in [-0.25, -0.2) is 4.79 Å². The second-order valence-electron chi connectivity index (χ2n) is 7.81. The first-order valence-electron chi connectivity index (χ1n) is 9.93. The molecule has 0 aromatic heterocycles. The second-order valence-corrected chi connectivity index (χ2v) is 7.81. The Bertz CT molecular complexity index is 790. The van der Waals surface area contributed by atoms with Crippen molar-refractivity contribution in [2.24, 2.45) is 5.92 Å². The molecular formula is C23H32N4O2. The first-order valence-corrected chi connectivity index (χ1v) is 9.93. The smallest absolute Gasteiger partial charge is 0.315 e. The van der Waals surface area contributed by atoms with E-state index in [9.17, 15) is 9.59 Å². The number of benzene rings is 2. The molecule has 156 valence electrons. The van der Waals surface area contributed by atoms with Crippen LogP contribution in [0.25, 0.3) is 0 Å². The summed E-state index contributed by atoms with van der Waals surface area (Å²) in [6, 6.07) is 16.9. The van der Waals surface area contributed by atoms with Gasteiger partial charge < -0.3 is 20.9 Å². The maximum atomic E-state index is 12.7. The molecule has 0 heterocycles. The first-order chi connectivity index (χ1) is 13.8. The largest absolute Gasteiger partial charge is 0.350 e. The fourth-order valence-electron chi connectivity index (χ4n) is 3.01. The Morgan fingerprint density at radius 2 is 1.48 bits per heavy atom. The molecule has 0 saturated heterocycles. The van der Waals surface area contributed by atoms with Crippen LogP contribution in [-0.2, 0) is 24.4 Å². The molecule has 0 aliphatic heterocycles. The molecular weight excluding hydrogens is 364 g/mol. The molecule has 2 aromatic rings. The monoisotopic (exact) mass is 396 g/mol. The number of hydrogen-bond donors (Lipinski definition) is 3. The lowest BCUT2D eigenvalue weighted by atomic mass is 10.0. The van der Waals surface area contributed by atoms with Gasteiger partial charge in [0, 0.05) is 19.6 Å². The van der Waals surface area contributed by atoms with Crippen molar-refractivity contribution in [3.05, 3.63) is 71.3 Å². The van der Waals surface area contributed by atoms with Crippen molar-refractivity contribution in [3.8, 4) is 0 Å². The summed E-state index contributed by atoms with van der Waals surface area (Å²) in [5.41, 5.74) is 3.24. The molecule has 0 bridgehead atoms. The zero-order chi connectivity index (χ0) is 21.2. The van der Waals surface area contributed by atoms with Crippen LogP contribution in [0.1, 0.15) is 30.5 Å². The van der Waals surface area contributed by atoms with Crippen LogP contribution in [0.2, 0.25) is 0 Å². The SMILES string of the molecule is CC(C)C(NC(=O)NCc1ccccc1)C(=O)NCc1cccc(CN(C)C)c1. The van der Waals surface area contributed by atoms with E-state index in [1.54, 1.807) is 0 Å². The van der Waals surface area contributed by atoms with Crippen LogP contribution in [-0.4, -0.2) is 37.0 Å². The summed E-state index contributed by atoms with van der Waals surface area (Å²) in [6.07, 6.45) is 0. The lowest BCUT2D eigenvalue weighted by molar-refractivity contribution is -0.124. The third kappa shape index (κ3) is 7.95. The van der Waals surface area contributed by atoms with Gasteiger partial charge in [-0.15, -0.1) is 0 Å². The van der Waals surface area contributed by atoms with Gasteiger partial charge in [0.05, 0.1) is 0 Å². The highest BCUT2D eigenvalue weighted by atomic mass is 16.2. The number of urea groups is 1. The standard InChI is InChI=1S/C23H32N4O2/c1-17(2)21(26-23(29)25-14-18-9-6-5-7-10-18)22(28)24-15-19-11-8-12-20(13-19)16-27(3)4/h5-13,17,21H,14-16H2,1-4H3,(H,24,28)(H2,25,26,29). The number of nitrogens with zero attached hydrogens (tertiary/aromatic N) is 1. The molecule has 0 aliphatic rings. The van der Waals surface area contributed by atoms with Gasteiger partial charge >= 0.3 is 6.03 Å². The summed E-state index contributed by atoms with van der Waals surface area (Å²) < 4.78 is 0. The molecule has 1 atom stereocenters. The van der Waals surface area contributed by atoms with Crippen LogP contribution in [0.5, 0.6) is 0 Å². The predicted octanol–water partition coefficient (Wildman–Crippen LogP) is 2.89. The number of carbonyl (C=O) groups is 2. The normalized spacial score (nSPS) is 11.9. The van der Waals surface area contributed by atoms with Crippen LogP contribution in [0, 0.1) is 5.92 Å². The Kier molecular flexibility index (Phi) is 8.68. The van der Waals surface area contributed by atoms with Crippen molar-refractivity contribution in [1.29, 1.82) is 0 Å². The number of hydrogen-bond acceptors (Lipinski definition) is 3. The number of rotatable bonds is 9. The number of carbonyl (C=O) groups excluding carboxylic acids is 2. The molecule has 0 fully saturated rings. The van der Waals surface area contributed by atoms with E-state index in [1.165, 1.54) is 5.56 Å². The Morgan fingerprint density at radius 3 is 2.14 bits per heavy atom. The molecule has 0 radical (unpaired) electrons. The summed E-state index contributed by atoms with van der Waals surface area (Å²) in [5.74, 6) is -0.217. The Hall–Kier alpha value is -2.86. The molecule has 29 heavy (non-hydrogen) atoms. The average molecular weight is 397 g/mol. The predicted molar refractivity (Wildman–Crippen MR) is 116 cm³/mol. The van der Waals surface area contributed by atoms with E-state index in [2.05, 4.69) is 33.0 Å². The van der Waals surface area contributed by atoms with Crippen molar-refractivity contribution in [3.63, 3.8) is 0 Å². The highest BCUT2D eigenvalue weighted by molar-refractivity contribution is 5.87. The second kappa shape index (κ2) is 11.2. The molecule has 2 aromatic carbocycles. The summed E-state index contributed by atoms with van der Waals surface area (Å²) in [7, 11) is 4.05. The van der Waals surface area contributed by atoms with Crippen LogP contribution in [0.15, 0.2) is 54.6 Å². The van der Waals surface area contributed by atoms with E-state index in [4.69, 9.17) is 0 Å². The van der Waals surface area contributed by atoms with Gasteiger partial charge in [0.1, 0.15) is 6.04 Å². The van der Waals surface area contributed by atoms with Crippen LogP contribution in [0.4, 0.5) is 4.79 Å². The van der Waals surface area contributed by atoms with E-state index in [0.29, 0.717) is 13.1 Å². The minimum Gasteiger partial charge on any atom is -0.350 e. The number of amides is 3. The molecule has 0 aliphatic carbocycles. The van der Waals surface area contributed by atoms with Crippen molar-refractivity contribution < 1.29 is 9.59 Å². The van der Waals surface area contributed by atoms with Crippen molar-refractivity contribution in [1.82, 2.24) is 20.9 Å². The molecule has 3 amide bonds. The Balaban J connectivity index is 1.87. The highest BCUT2D eigenvalue weighted by Gasteiger charge is 2.23. The van der Waals surface area contributed by atoms with E-state index in [0.717, 1.165) is 17.7 Å². The van der Waals surface area contributed by atoms with Crippen LogP contribution in [0.3, 0.4) is 0 Å². The quantitative estimate of drug-likeness (QED) is 0.610. The minimum absolute atomic E-state index is 0.0300. The summed E-state index contributed by atoms with van der Waals surface area (Å²) in [6.45, 7) is 5.52. The van der Waals surface area contributed by atoms with Gasteiger partial charge in [-0.3, -0.25) is 4.79 Å². The Labute approximate surface area is 173 Å². The first kappa shape index (κ1) is 22.4. The van der Waals surface area contributed by atoms with E-state index >= 15 is 0 Å². The summed E-state index contributed by atoms with van der Waals surface area (Å²) in [4.78, 5) is 27.0. The fourth-order valence-corrected chi connectivity index (χ4v) is 3.01. The minimum atomic E-state index is -0.601. The molecule has 0 spiro atoms. The van der Waals surface area contributed by atoms with E-state index < -0.39 is 6.04 Å². The zero-order valence-electron chi connectivity index (χ0n) is 17.7. The number of nitrogens with one attached hydrogen (secondary N) is 3. The van der Waals surface area contributed by atoms with E-state index in [-0.39, 0.29) is 17.9 Å². The molecule has 2 rings (SSSR count). The molecule has 3 N–H and O–H groups in total. The van der Waals surface area contributed by atoms with Gasteiger partial charge in [0.25, 0.3) is 0 Å². The van der Waals surface area contributed by atoms with Gasteiger partial charge in [-0.05, 0) is 36.7 Å². The maximum absolute atomic E-state index is 12.7. The van der Waals surface area contributed by atoms with Crippen molar-refractivity contribution in [2.75, 3.05) is 14.1 Å². The zero-order valence-corrected chi connectivity index (χ0v) is 17.7. The molecule has 6 nitrogen and oxygen atoms in total. The fraction of sp³-hybridized carbons (Fsp3) is 0.391. The lowest BCUT2D eigenvalue weighted by Crippen LogP contribution is -2.52. The third-order valence-electron chi connectivity index (χ3n) is 4.49. The summed E-state index contributed by atoms with van der Waals surface area (Å²) in [5, 5.41) is 8.54.